The average Bonchev–Trinajstić information content (AvgIpc) is 2.99. The SMILES string of the molecule is CN1C(=O)c2ccc3c4ccc5c6c(ccc(c7ccc(c2c37)C1=O)c64)C(=O)N(c1cc(C(C)(C)C)ccc1C(C)(C)C)C5=O. The Morgan fingerprint density at radius 1 is 0.467 bits per heavy atom. The largest absolute Gasteiger partial charge is 0.277 e. The van der Waals surface area contributed by atoms with Gasteiger partial charge < -0.3 is 0 Å². The van der Waals surface area contributed by atoms with E-state index in [1.165, 1.54) is 11.9 Å². The van der Waals surface area contributed by atoms with Gasteiger partial charge in [-0.15, -0.1) is 0 Å². The molecule has 0 bridgehead atoms. The Hall–Kier alpha value is -5.10. The molecule has 4 amide bonds. The third-order valence-electron chi connectivity index (χ3n) is 9.75. The summed E-state index contributed by atoms with van der Waals surface area (Å²) in [6.07, 6.45) is 0. The van der Waals surface area contributed by atoms with Crippen LogP contribution in [0.1, 0.15) is 94.1 Å². The summed E-state index contributed by atoms with van der Waals surface area (Å²) in [4.78, 5) is 57.7. The minimum Gasteiger partial charge on any atom is -0.277 e. The number of amides is 4. The maximum atomic E-state index is 14.5. The van der Waals surface area contributed by atoms with Crippen LogP contribution < -0.4 is 4.90 Å². The normalized spacial score (nSPS) is 15.5. The lowest BCUT2D eigenvalue weighted by atomic mass is 9.79. The molecule has 0 fully saturated rings. The van der Waals surface area contributed by atoms with Crippen molar-refractivity contribution < 1.29 is 19.2 Å². The van der Waals surface area contributed by atoms with Gasteiger partial charge in [0, 0.05) is 40.1 Å². The van der Waals surface area contributed by atoms with Crippen LogP contribution in [-0.4, -0.2) is 35.6 Å². The van der Waals surface area contributed by atoms with E-state index in [4.69, 9.17) is 0 Å². The second kappa shape index (κ2) is 8.54. The number of hydrogen-bond acceptors (Lipinski definition) is 4. The molecule has 6 nitrogen and oxygen atoms in total. The fraction of sp³-hybridized carbons (Fsp3) is 0.231. The van der Waals surface area contributed by atoms with Crippen LogP contribution >= 0.6 is 0 Å². The quantitative estimate of drug-likeness (QED) is 0.109. The van der Waals surface area contributed by atoms with E-state index in [1.54, 1.807) is 12.1 Å². The number of fused-ring (bicyclic) bond motifs is 2. The van der Waals surface area contributed by atoms with Gasteiger partial charge in [0.25, 0.3) is 23.6 Å². The molecule has 6 heteroatoms. The zero-order valence-corrected chi connectivity index (χ0v) is 26.4. The molecule has 8 rings (SSSR count). The summed E-state index contributed by atoms with van der Waals surface area (Å²) >= 11 is 0. The molecule has 45 heavy (non-hydrogen) atoms. The lowest BCUT2D eigenvalue weighted by Crippen LogP contribution is -2.42. The molecule has 0 unspecified atom stereocenters. The lowest BCUT2D eigenvalue weighted by molar-refractivity contribution is 0.0650. The second-order valence-electron chi connectivity index (χ2n) is 14.5. The van der Waals surface area contributed by atoms with Gasteiger partial charge >= 0.3 is 0 Å². The van der Waals surface area contributed by atoms with Crippen molar-refractivity contribution in [1.82, 2.24) is 4.90 Å². The van der Waals surface area contributed by atoms with Gasteiger partial charge in [0.05, 0.1) is 5.69 Å². The number of hydrogen-bond donors (Lipinski definition) is 0. The summed E-state index contributed by atoms with van der Waals surface area (Å²) in [6.45, 7) is 12.6. The Balaban J connectivity index is 1.43. The number of anilines is 1. The first-order chi connectivity index (χ1) is 21.2. The molecule has 0 saturated carbocycles. The van der Waals surface area contributed by atoms with Crippen molar-refractivity contribution in [2.24, 2.45) is 0 Å². The highest BCUT2D eigenvalue weighted by atomic mass is 16.2. The number of carbonyl (C=O) groups is 4. The number of imide groups is 2. The molecular weight excluding hydrogens is 560 g/mol. The summed E-state index contributed by atoms with van der Waals surface area (Å²) in [7, 11) is 1.51. The van der Waals surface area contributed by atoms with Crippen LogP contribution in [0.2, 0.25) is 0 Å². The van der Waals surface area contributed by atoms with Crippen LogP contribution in [0, 0.1) is 0 Å². The van der Waals surface area contributed by atoms with Crippen molar-refractivity contribution in [2.45, 2.75) is 52.4 Å². The van der Waals surface area contributed by atoms with Gasteiger partial charge in [0.2, 0.25) is 0 Å². The van der Waals surface area contributed by atoms with Crippen molar-refractivity contribution >= 4 is 72.4 Å². The zero-order chi connectivity index (χ0) is 31.9. The lowest BCUT2D eigenvalue weighted by Gasteiger charge is -2.34. The third kappa shape index (κ3) is 3.45. The van der Waals surface area contributed by atoms with E-state index in [-0.39, 0.29) is 34.5 Å². The maximum absolute atomic E-state index is 14.5. The summed E-state index contributed by atoms with van der Waals surface area (Å²) in [6, 6.07) is 21.1. The van der Waals surface area contributed by atoms with Crippen LogP contribution in [0.5, 0.6) is 0 Å². The van der Waals surface area contributed by atoms with Crippen molar-refractivity contribution in [3.63, 3.8) is 0 Å². The Bertz CT molecular complexity index is 2270. The van der Waals surface area contributed by atoms with E-state index in [2.05, 4.69) is 47.6 Å². The van der Waals surface area contributed by atoms with Gasteiger partial charge in [-0.3, -0.25) is 24.1 Å². The van der Waals surface area contributed by atoms with Crippen LogP contribution in [0.15, 0.2) is 66.7 Å². The Labute approximate surface area is 260 Å². The molecule has 0 radical (unpaired) electrons. The van der Waals surface area contributed by atoms with Crippen LogP contribution in [0.25, 0.3) is 43.1 Å². The monoisotopic (exact) mass is 592 g/mol. The number of rotatable bonds is 1. The van der Waals surface area contributed by atoms with Crippen molar-refractivity contribution in [1.29, 1.82) is 0 Å². The fourth-order valence-electron chi connectivity index (χ4n) is 7.42. The smallest absolute Gasteiger partial charge is 0.265 e. The number of carbonyl (C=O) groups excluding carboxylic acids is 4. The predicted octanol–water partition coefficient (Wildman–Crippen LogP) is 8.36. The first-order valence-electron chi connectivity index (χ1n) is 15.3. The van der Waals surface area contributed by atoms with Crippen LogP contribution in [-0.2, 0) is 10.8 Å². The van der Waals surface area contributed by atoms with Gasteiger partial charge in [-0.05, 0) is 84.6 Å². The zero-order valence-electron chi connectivity index (χ0n) is 26.4. The summed E-state index contributed by atoms with van der Waals surface area (Å²) < 4.78 is 0. The van der Waals surface area contributed by atoms with E-state index < -0.39 is 0 Å². The molecule has 6 aromatic carbocycles. The molecule has 0 saturated heterocycles. The van der Waals surface area contributed by atoms with E-state index in [1.807, 2.05) is 48.5 Å². The van der Waals surface area contributed by atoms with Crippen molar-refractivity contribution in [3.8, 4) is 0 Å². The summed E-state index contributed by atoms with van der Waals surface area (Å²) in [5.74, 6) is -1.34. The van der Waals surface area contributed by atoms with Crippen LogP contribution in [0.3, 0.4) is 0 Å². The van der Waals surface area contributed by atoms with Crippen molar-refractivity contribution in [3.05, 3.63) is 100 Å². The van der Waals surface area contributed by atoms with Gasteiger partial charge in [-0.2, -0.15) is 0 Å². The molecule has 2 aliphatic heterocycles. The van der Waals surface area contributed by atoms with Gasteiger partial charge in [0.15, 0.2) is 0 Å². The summed E-state index contributed by atoms with van der Waals surface area (Å²) in [5, 5.41) is 6.49. The van der Waals surface area contributed by atoms with E-state index in [0.29, 0.717) is 38.7 Å². The molecular formula is C39H32N2O4. The molecule has 222 valence electrons. The van der Waals surface area contributed by atoms with E-state index in [9.17, 15) is 19.2 Å². The highest BCUT2D eigenvalue weighted by molar-refractivity contribution is 6.43. The second-order valence-corrected chi connectivity index (χ2v) is 14.5. The predicted molar refractivity (Wildman–Crippen MR) is 179 cm³/mol. The number of nitrogens with zero attached hydrogens (tertiary/aromatic N) is 2. The fourth-order valence-corrected chi connectivity index (χ4v) is 7.42. The maximum Gasteiger partial charge on any atom is 0.265 e. The van der Waals surface area contributed by atoms with Gasteiger partial charge in [0.1, 0.15) is 0 Å². The van der Waals surface area contributed by atoms with E-state index >= 15 is 0 Å². The third-order valence-corrected chi connectivity index (χ3v) is 9.75. The molecule has 2 heterocycles. The van der Waals surface area contributed by atoms with Gasteiger partial charge in [-0.25, -0.2) is 4.90 Å². The Kier molecular flexibility index (Phi) is 5.21. The molecule has 0 aromatic heterocycles. The number of benzene rings is 6. The highest BCUT2D eigenvalue weighted by Crippen LogP contribution is 2.47. The Morgan fingerprint density at radius 2 is 0.867 bits per heavy atom. The van der Waals surface area contributed by atoms with Crippen LogP contribution in [0.4, 0.5) is 5.69 Å². The van der Waals surface area contributed by atoms with Gasteiger partial charge in [-0.1, -0.05) is 77.9 Å². The highest BCUT2D eigenvalue weighted by Gasteiger charge is 2.39. The minimum absolute atomic E-state index is 0.176. The first kappa shape index (κ1) is 27.4. The standard InChI is InChI=1S/C39H32N2O4/c1-38(2,3)19-8-17-28(39(4,5)6)29(18-19)41-36(44)26-15-11-22-20-9-13-24-32-25(35(43)40(7)34(24)42)14-10-21(30(20)32)23-12-16-27(37(41)45)33(26)31(22)23/h8-18H,1-7H3. The molecule has 0 atom stereocenters. The van der Waals surface area contributed by atoms with Crippen molar-refractivity contribution in [2.75, 3.05) is 11.9 Å². The molecule has 6 aromatic rings. The molecule has 2 aliphatic rings. The molecule has 0 aliphatic carbocycles. The molecule has 0 N–H and O–H groups in total. The van der Waals surface area contributed by atoms with E-state index in [0.717, 1.165) is 48.3 Å². The minimum atomic E-state index is -0.344. The topological polar surface area (TPSA) is 74.8 Å². The first-order valence-corrected chi connectivity index (χ1v) is 15.3. The Morgan fingerprint density at radius 3 is 1.24 bits per heavy atom. The molecule has 0 spiro atoms. The summed E-state index contributed by atoms with van der Waals surface area (Å²) in [5.41, 5.74) is 4.05. The average molecular weight is 593 g/mol.